The Kier molecular flexibility index (Phi) is 5.84. The molecule has 1 saturated carbocycles. The van der Waals surface area contributed by atoms with E-state index in [1.165, 1.54) is 6.07 Å². The summed E-state index contributed by atoms with van der Waals surface area (Å²) in [6.45, 7) is 0. The van der Waals surface area contributed by atoms with Gasteiger partial charge in [0.15, 0.2) is 11.6 Å². The molecule has 1 amide bonds. The molecule has 0 heterocycles. The Balaban J connectivity index is 1.62. The van der Waals surface area contributed by atoms with Gasteiger partial charge in [0.25, 0.3) is 0 Å². The van der Waals surface area contributed by atoms with E-state index in [9.17, 15) is 18.4 Å². The molecule has 1 aliphatic rings. The van der Waals surface area contributed by atoms with Crippen LogP contribution in [0.2, 0.25) is 0 Å². The molecule has 3 atom stereocenters. The van der Waals surface area contributed by atoms with Crippen LogP contribution in [0.25, 0.3) is 0 Å². The maximum atomic E-state index is 13.4. The van der Waals surface area contributed by atoms with E-state index in [2.05, 4.69) is 5.32 Å². The molecule has 0 bridgehead atoms. The molecule has 1 aliphatic carbocycles. The first kappa shape index (κ1) is 19.0. The van der Waals surface area contributed by atoms with Gasteiger partial charge < -0.3 is 10.4 Å². The van der Waals surface area contributed by atoms with E-state index in [-0.39, 0.29) is 30.2 Å². The topological polar surface area (TPSA) is 66.4 Å². The molecule has 3 unspecified atom stereocenters. The van der Waals surface area contributed by atoms with Crippen LogP contribution in [0.3, 0.4) is 0 Å². The van der Waals surface area contributed by atoms with E-state index in [0.717, 1.165) is 17.7 Å². The van der Waals surface area contributed by atoms with Gasteiger partial charge in [-0.2, -0.15) is 0 Å². The second-order valence-corrected chi connectivity index (χ2v) is 6.95. The van der Waals surface area contributed by atoms with E-state index in [1.807, 2.05) is 30.3 Å². The number of carbonyl (C=O) groups excluding carboxylic acids is 1. The smallest absolute Gasteiger partial charge is 0.303 e. The predicted molar refractivity (Wildman–Crippen MR) is 96.2 cm³/mol. The van der Waals surface area contributed by atoms with E-state index in [0.29, 0.717) is 24.8 Å². The molecule has 0 aromatic heterocycles. The number of hydrogen-bond donors (Lipinski definition) is 2. The zero-order valence-corrected chi connectivity index (χ0v) is 14.7. The van der Waals surface area contributed by atoms with Crippen LogP contribution in [0.1, 0.15) is 36.3 Å². The van der Waals surface area contributed by atoms with E-state index < -0.39 is 17.6 Å². The lowest BCUT2D eigenvalue weighted by Crippen LogP contribution is -2.38. The van der Waals surface area contributed by atoms with Gasteiger partial charge in [-0.1, -0.05) is 36.4 Å². The highest BCUT2D eigenvalue weighted by Crippen LogP contribution is 2.47. The summed E-state index contributed by atoms with van der Waals surface area (Å²) in [5.74, 6) is -3.32. The minimum absolute atomic E-state index is 0.0327. The number of halogens is 2. The predicted octanol–water partition coefficient (Wildman–Crippen LogP) is 3.66. The monoisotopic (exact) mass is 373 g/mol. The van der Waals surface area contributed by atoms with Crippen molar-refractivity contribution in [3.8, 4) is 0 Å². The lowest BCUT2D eigenvalue weighted by atomic mass is 10.0. The fourth-order valence-electron chi connectivity index (χ4n) is 3.33. The molecule has 2 N–H and O–H groups in total. The summed E-state index contributed by atoms with van der Waals surface area (Å²) in [7, 11) is 0. The van der Waals surface area contributed by atoms with Gasteiger partial charge in [0.2, 0.25) is 5.91 Å². The highest BCUT2D eigenvalue weighted by atomic mass is 19.2. The van der Waals surface area contributed by atoms with Crippen LogP contribution >= 0.6 is 0 Å². The van der Waals surface area contributed by atoms with Crippen molar-refractivity contribution < 1.29 is 23.5 Å². The molecule has 2 aromatic carbocycles. The Labute approximate surface area is 156 Å². The summed E-state index contributed by atoms with van der Waals surface area (Å²) in [5, 5.41) is 11.9. The fraction of sp³-hybridized carbons (Fsp3) is 0.333. The third-order valence-electron chi connectivity index (χ3n) is 4.88. The molecule has 27 heavy (non-hydrogen) atoms. The first-order valence-electron chi connectivity index (χ1n) is 8.95. The first-order valence-corrected chi connectivity index (χ1v) is 8.95. The van der Waals surface area contributed by atoms with Gasteiger partial charge in [0.05, 0.1) is 0 Å². The number of nitrogens with one attached hydrogen (secondary N) is 1. The number of rotatable bonds is 8. The number of carbonyl (C=O) groups is 2. The van der Waals surface area contributed by atoms with Crippen molar-refractivity contribution in [1.82, 2.24) is 5.32 Å². The molecule has 6 heteroatoms. The number of hydrogen-bond acceptors (Lipinski definition) is 2. The van der Waals surface area contributed by atoms with Crippen LogP contribution in [0.15, 0.2) is 48.5 Å². The minimum atomic E-state index is -0.915. The van der Waals surface area contributed by atoms with Crippen LogP contribution < -0.4 is 5.32 Å². The Bertz CT molecular complexity index is 825. The van der Waals surface area contributed by atoms with Crippen molar-refractivity contribution in [3.63, 3.8) is 0 Å². The van der Waals surface area contributed by atoms with Gasteiger partial charge in [-0.3, -0.25) is 9.59 Å². The summed E-state index contributed by atoms with van der Waals surface area (Å²) in [4.78, 5) is 23.5. The maximum Gasteiger partial charge on any atom is 0.303 e. The average molecular weight is 373 g/mol. The quantitative estimate of drug-likeness (QED) is 0.742. The highest BCUT2D eigenvalue weighted by Gasteiger charge is 2.44. The van der Waals surface area contributed by atoms with Crippen molar-refractivity contribution in [2.75, 3.05) is 0 Å². The Hall–Kier alpha value is -2.76. The number of carboxylic acids is 1. The van der Waals surface area contributed by atoms with Crippen LogP contribution in [-0.2, 0) is 16.0 Å². The third-order valence-corrected chi connectivity index (χ3v) is 4.88. The molecular formula is C21H21F2NO3. The maximum absolute atomic E-state index is 13.4. The molecule has 0 saturated heterocycles. The van der Waals surface area contributed by atoms with Crippen molar-refractivity contribution in [2.45, 2.75) is 37.6 Å². The second kappa shape index (κ2) is 8.29. The van der Waals surface area contributed by atoms with Crippen molar-refractivity contribution >= 4 is 11.9 Å². The number of carboxylic acid groups (broad SMARTS) is 1. The molecule has 0 radical (unpaired) electrons. The summed E-state index contributed by atoms with van der Waals surface area (Å²) in [5.41, 5.74) is 1.63. The van der Waals surface area contributed by atoms with Crippen molar-refractivity contribution in [3.05, 3.63) is 71.3 Å². The fourth-order valence-corrected chi connectivity index (χ4v) is 3.33. The summed E-state index contributed by atoms with van der Waals surface area (Å²) in [6.07, 6.45) is 1.42. The molecular weight excluding hydrogens is 352 g/mol. The van der Waals surface area contributed by atoms with Crippen LogP contribution in [0, 0.1) is 17.6 Å². The van der Waals surface area contributed by atoms with Gasteiger partial charge >= 0.3 is 5.97 Å². The molecule has 1 fully saturated rings. The van der Waals surface area contributed by atoms with Gasteiger partial charge in [-0.05, 0) is 48.4 Å². The lowest BCUT2D eigenvalue weighted by molar-refractivity contribution is -0.137. The SMILES string of the molecule is O=C(O)CCC(Cc1ccccc1)NC(=O)C1CC1c1ccc(F)c(F)c1. The molecule has 0 aliphatic heterocycles. The molecule has 0 spiro atoms. The highest BCUT2D eigenvalue weighted by molar-refractivity contribution is 5.83. The minimum Gasteiger partial charge on any atom is -0.481 e. The van der Waals surface area contributed by atoms with E-state index >= 15 is 0 Å². The van der Waals surface area contributed by atoms with Crippen LogP contribution in [0.5, 0.6) is 0 Å². The Morgan fingerprint density at radius 3 is 2.52 bits per heavy atom. The van der Waals surface area contributed by atoms with Gasteiger partial charge in [0, 0.05) is 18.4 Å². The summed E-state index contributed by atoms with van der Waals surface area (Å²) >= 11 is 0. The average Bonchev–Trinajstić information content (AvgIpc) is 3.44. The van der Waals surface area contributed by atoms with Crippen LogP contribution in [0.4, 0.5) is 8.78 Å². The molecule has 3 rings (SSSR count). The summed E-state index contributed by atoms with van der Waals surface area (Å²) < 4.78 is 26.5. The normalized spacial score (nSPS) is 19.3. The van der Waals surface area contributed by atoms with Gasteiger partial charge in [0.1, 0.15) is 0 Å². The van der Waals surface area contributed by atoms with Crippen LogP contribution in [-0.4, -0.2) is 23.0 Å². The van der Waals surface area contributed by atoms with E-state index in [1.54, 1.807) is 0 Å². The summed E-state index contributed by atoms with van der Waals surface area (Å²) in [6, 6.07) is 13.0. The standard InChI is InChI=1S/C21H21F2NO3/c22-18-8-6-14(11-19(18)23)16-12-17(16)21(27)24-15(7-9-20(25)26)10-13-4-2-1-3-5-13/h1-6,8,11,15-17H,7,9-10,12H2,(H,24,27)(H,25,26). The molecule has 4 nitrogen and oxygen atoms in total. The third kappa shape index (κ3) is 5.12. The molecule has 2 aromatic rings. The van der Waals surface area contributed by atoms with Crippen molar-refractivity contribution in [2.24, 2.45) is 5.92 Å². The second-order valence-electron chi connectivity index (χ2n) is 6.95. The Morgan fingerprint density at radius 2 is 1.85 bits per heavy atom. The largest absolute Gasteiger partial charge is 0.481 e. The molecule has 142 valence electrons. The zero-order valence-electron chi connectivity index (χ0n) is 14.7. The van der Waals surface area contributed by atoms with Gasteiger partial charge in [-0.25, -0.2) is 8.78 Å². The Morgan fingerprint density at radius 1 is 1.11 bits per heavy atom. The first-order chi connectivity index (χ1) is 12.9. The van der Waals surface area contributed by atoms with E-state index in [4.69, 9.17) is 5.11 Å². The zero-order chi connectivity index (χ0) is 19.4. The number of benzene rings is 2. The lowest BCUT2D eigenvalue weighted by Gasteiger charge is -2.18. The van der Waals surface area contributed by atoms with Gasteiger partial charge in [-0.15, -0.1) is 0 Å². The number of aliphatic carboxylic acids is 1. The number of amides is 1. The van der Waals surface area contributed by atoms with Crippen molar-refractivity contribution in [1.29, 1.82) is 0 Å².